The van der Waals surface area contributed by atoms with Crippen LogP contribution in [-0.2, 0) is 6.42 Å². The second-order valence-corrected chi connectivity index (χ2v) is 12.9. The number of hydrogen-bond acceptors (Lipinski definition) is 0. The fraction of sp³-hybridized carbons (Fsp3) is 0.750. The van der Waals surface area contributed by atoms with Crippen LogP contribution < -0.4 is 0 Å². The molecule has 28 heavy (non-hydrogen) atoms. The number of rotatable bonds is 8. The molecule has 0 atom stereocenters. The Bertz CT molecular complexity index is 579. The first-order valence-corrected chi connectivity index (χ1v) is 14.1. The molecule has 0 unspecified atom stereocenters. The van der Waals surface area contributed by atoms with Gasteiger partial charge in [-0.2, -0.15) is 0 Å². The van der Waals surface area contributed by atoms with Gasteiger partial charge in [-0.15, -0.1) is 0 Å². The zero-order valence-electron chi connectivity index (χ0n) is 17.5. The van der Waals surface area contributed by atoms with Crippen molar-refractivity contribution < 1.29 is 13.2 Å². The van der Waals surface area contributed by atoms with Crippen molar-refractivity contribution in [3.05, 3.63) is 35.1 Å². The van der Waals surface area contributed by atoms with Gasteiger partial charge in [-0.3, -0.25) is 0 Å². The molecular formula is C24H37F3Si. The third kappa shape index (κ3) is 6.11. The van der Waals surface area contributed by atoms with Gasteiger partial charge in [0.05, 0.1) is 0 Å². The highest BCUT2D eigenvalue weighted by Gasteiger charge is 2.31. The summed E-state index contributed by atoms with van der Waals surface area (Å²) in [6, 6.07) is 7.06. The summed E-state index contributed by atoms with van der Waals surface area (Å²) in [4.78, 5) is 0. The highest BCUT2D eigenvalue weighted by Crippen LogP contribution is 2.42. The van der Waals surface area contributed by atoms with Crippen LogP contribution in [0.15, 0.2) is 12.1 Å². The van der Waals surface area contributed by atoms with Crippen LogP contribution in [0.1, 0.15) is 76.7 Å². The number of halogens is 3. The highest BCUT2D eigenvalue weighted by molar-refractivity contribution is 6.58. The summed E-state index contributed by atoms with van der Waals surface area (Å²) in [6.07, 6.45) is 14.0. The van der Waals surface area contributed by atoms with Gasteiger partial charge in [-0.25, -0.2) is 13.2 Å². The van der Waals surface area contributed by atoms with E-state index in [0.29, 0.717) is 17.9 Å². The summed E-state index contributed by atoms with van der Waals surface area (Å²) in [7, 11) is -0.409. The monoisotopic (exact) mass is 410 g/mol. The van der Waals surface area contributed by atoms with Crippen molar-refractivity contribution >= 4 is 8.80 Å². The van der Waals surface area contributed by atoms with Crippen molar-refractivity contribution in [1.29, 1.82) is 0 Å². The lowest BCUT2D eigenvalue weighted by atomic mass is 9.73. The van der Waals surface area contributed by atoms with Crippen LogP contribution in [0.4, 0.5) is 13.2 Å². The van der Waals surface area contributed by atoms with E-state index in [9.17, 15) is 13.2 Å². The molecule has 0 radical (unpaired) electrons. The first kappa shape index (κ1) is 21.9. The van der Waals surface area contributed by atoms with Gasteiger partial charge in [0, 0.05) is 8.80 Å². The van der Waals surface area contributed by atoms with Crippen LogP contribution in [-0.4, -0.2) is 8.80 Å². The molecule has 0 aromatic heterocycles. The first-order chi connectivity index (χ1) is 13.6. The molecule has 0 nitrogen and oxygen atoms in total. The lowest BCUT2D eigenvalue weighted by molar-refractivity contribution is 0.186. The standard InChI is InChI=1S/C24H37F3Si/c1-2-3-4-13-28-14-11-21(12-15-28)20-9-7-18(8-10-20)5-6-19-16-22(25)24(27)23(26)17-19/h16-18,20-21,28H,2-15H2,1H3/t18-,20-,21-,28-. The molecule has 3 rings (SSSR count). The van der Waals surface area contributed by atoms with Crippen molar-refractivity contribution in [1.82, 2.24) is 0 Å². The van der Waals surface area contributed by atoms with E-state index in [0.717, 1.165) is 30.4 Å². The molecule has 0 amide bonds. The predicted molar refractivity (Wildman–Crippen MR) is 114 cm³/mol. The van der Waals surface area contributed by atoms with Crippen LogP contribution in [0.3, 0.4) is 0 Å². The Balaban J connectivity index is 1.36. The Hall–Kier alpha value is -0.773. The molecule has 0 N–H and O–H groups in total. The predicted octanol–water partition coefficient (Wildman–Crippen LogP) is 7.67. The summed E-state index contributed by atoms with van der Waals surface area (Å²) in [5, 5.41) is 0. The van der Waals surface area contributed by atoms with E-state index < -0.39 is 26.2 Å². The molecule has 4 heteroatoms. The summed E-state index contributed by atoms with van der Waals surface area (Å²) in [5.74, 6) is -0.932. The maximum atomic E-state index is 13.4. The van der Waals surface area contributed by atoms with Crippen molar-refractivity contribution in [2.24, 2.45) is 17.8 Å². The zero-order valence-corrected chi connectivity index (χ0v) is 18.7. The lowest BCUT2D eigenvalue weighted by Gasteiger charge is -2.37. The molecule has 1 aliphatic carbocycles. The van der Waals surface area contributed by atoms with Gasteiger partial charge in [0.1, 0.15) is 0 Å². The van der Waals surface area contributed by atoms with Gasteiger partial charge in [0.15, 0.2) is 17.5 Å². The number of benzene rings is 1. The topological polar surface area (TPSA) is 0 Å². The van der Waals surface area contributed by atoms with Crippen LogP contribution >= 0.6 is 0 Å². The molecule has 1 aliphatic heterocycles. The van der Waals surface area contributed by atoms with E-state index in [1.54, 1.807) is 18.1 Å². The van der Waals surface area contributed by atoms with Crippen molar-refractivity contribution in [2.45, 2.75) is 95.7 Å². The number of hydrogen-bond donors (Lipinski definition) is 0. The molecular weight excluding hydrogens is 373 g/mol. The SMILES string of the molecule is CCCCC[Si@H]1CC[C@H]([C@H]2CC[C@H](CCc3cc(F)c(F)c(F)c3)CC2)CC1. The van der Waals surface area contributed by atoms with Crippen LogP contribution in [0.5, 0.6) is 0 Å². The minimum absolute atomic E-state index is 0.409. The summed E-state index contributed by atoms with van der Waals surface area (Å²) < 4.78 is 39.8. The van der Waals surface area contributed by atoms with Crippen molar-refractivity contribution in [3.8, 4) is 0 Å². The second-order valence-electron chi connectivity index (χ2n) is 9.47. The van der Waals surface area contributed by atoms with Crippen LogP contribution in [0, 0.1) is 35.2 Å². The lowest BCUT2D eigenvalue weighted by Crippen LogP contribution is -2.28. The van der Waals surface area contributed by atoms with Gasteiger partial charge in [-0.1, -0.05) is 70.0 Å². The van der Waals surface area contributed by atoms with Gasteiger partial charge >= 0.3 is 0 Å². The Morgan fingerprint density at radius 2 is 1.46 bits per heavy atom. The van der Waals surface area contributed by atoms with Crippen LogP contribution in [0.2, 0.25) is 18.1 Å². The molecule has 1 aromatic rings. The van der Waals surface area contributed by atoms with Gasteiger partial charge in [0.25, 0.3) is 0 Å². The molecule has 0 spiro atoms. The van der Waals surface area contributed by atoms with Crippen molar-refractivity contribution in [3.63, 3.8) is 0 Å². The fourth-order valence-corrected chi connectivity index (χ4v) is 9.23. The molecule has 2 fully saturated rings. The van der Waals surface area contributed by atoms with E-state index in [2.05, 4.69) is 6.92 Å². The number of aryl methyl sites for hydroxylation is 1. The largest absolute Gasteiger partial charge is 0.204 e. The Kier molecular flexibility index (Phi) is 8.49. The Morgan fingerprint density at radius 1 is 0.857 bits per heavy atom. The molecule has 2 aliphatic rings. The van der Waals surface area contributed by atoms with E-state index in [-0.39, 0.29) is 0 Å². The van der Waals surface area contributed by atoms with Crippen molar-refractivity contribution in [2.75, 3.05) is 0 Å². The minimum Gasteiger partial charge on any atom is -0.204 e. The fourth-order valence-electron chi connectivity index (χ4n) is 5.70. The third-order valence-corrected chi connectivity index (χ3v) is 11.1. The zero-order chi connectivity index (χ0) is 19.9. The summed E-state index contributed by atoms with van der Waals surface area (Å²) in [5.41, 5.74) is 0.588. The molecule has 158 valence electrons. The summed E-state index contributed by atoms with van der Waals surface area (Å²) >= 11 is 0. The third-order valence-electron chi connectivity index (χ3n) is 7.55. The molecule has 1 aromatic carbocycles. The normalized spacial score (nSPS) is 28.4. The second kappa shape index (κ2) is 10.8. The molecule has 1 saturated carbocycles. The maximum absolute atomic E-state index is 13.4. The smallest absolute Gasteiger partial charge is 0.194 e. The number of unbranched alkanes of at least 4 members (excludes halogenated alkanes) is 2. The first-order valence-electron chi connectivity index (χ1n) is 11.7. The molecule has 0 bridgehead atoms. The van der Waals surface area contributed by atoms with Gasteiger partial charge < -0.3 is 0 Å². The van der Waals surface area contributed by atoms with E-state index in [1.165, 1.54) is 57.8 Å². The summed E-state index contributed by atoms with van der Waals surface area (Å²) in [6.45, 7) is 2.30. The highest BCUT2D eigenvalue weighted by atomic mass is 28.3. The Morgan fingerprint density at radius 3 is 2.07 bits per heavy atom. The van der Waals surface area contributed by atoms with Gasteiger partial charge in [-0.05, 0) is 61.1 Å². The van der Waals surface area contributed by atoms with E-state index >= 15 is 0 Å². The average Bonchev–Trinajstić information content (AvgIpc) is 2.71. The van der Waals surface area contributed by atoms with E-state index in [1.807, 2.05) is 0 Å². The van der Waals surface area contributed by atoms with E-state index in [4.69, 9.17) is 0 Å². The Labute approximate surface area is 170 Å². The average molecular weight is 411 g/mol. The molecule has 1 saturated heterocycles. The maximum Gasteiger partial charge on any atom is 0.194 e. The minimum atomic E-state index is -1.35. The van der Waals surface area contributed by atoms with Gasteiger partial charge in [0.2, 0.25) is 0 Å². The molecule has 1 heterocycles. The quantitative estimate of drug-likeness (QED) is 0.234. The van der Waals surface area contributed by atoms with Crippen LogP contribution in [0.25, 0.3) is 0 Å².